The Kier molecular flexibility index (Phi) is 4.71. The lowest BCUT2D eigenvalue weighted by Gasteiger charge is -2.59. The fourth-order valence-corrected chi connectivity index (χ4v) is 6.34. The molecule has 152 valence electrons. The highest BCUT2D eigenvalue weighted by molar-refractivity contribution is 5.99. The highest BCUT2D eigenvalue weighted by Gasteiger charge is 2.53. The zero-order valence-electron chi connectivity index (χ0n) is 16.7. The Morgan fingerprint density at radius 3 is 2.07 bits per heavy atom. The molecule has 0 aromatic heterocycles. The number of nitro groups is 1. The van der Waals surface area contributed by atoms with Crippen LogP contribution < -0.4 is 14.8 Å². The molecule has 1 N–H and O–H groups in total. The van der Waals surface area contributed by atoms with Gasteiger partial charge in [0.25, 0.3) is 11.6 Å². The molecule has 1 unspecified atom stereocenters. The molecule has 4 saturated carbocycles. The van der Waals surface area contributed by atoms with Crippen LogP contribution >= 0.6 is 0 Å². The molecule has 4 fully saturated rings. The third kappa shape index (κ3) is 3.10. The van der Waals surface area contributed by atoms with Crippen molar-refractivity contribution in [1.82, 2.24) is 5.32 Å². The smallest absolute Gasteiger partial charge is 0.286 e. The molecular weight excluding hydrogens is 360 g/mol. The SMILES string of the molecule is COc1cc(C(=O)NC(C)C23CC4CC(CC(C4)C2)C3)c([N+](=O)[O-])cc1OC. The molecule has 0 heterocycles. The standard InChI is InChI=1S/C21H28N2O5/c1-12(21-9-13-4-14(10-21)6-15(5-13)11-21)22-20(24)16-7-18(27-2)19(28-3)8-17(16)23(25)26/h7-8,12-15H,4-6,9-11H2,1-3H3,(H,22,24). The Balaban J connectivity index is 1.59. The summed E-state index contributed by atoms with van der Waals surface area (Å²) in [5, 5.41) is 14.6. The van der Waals surface area contributed by atoms with Crippen LogP contribution in [0.4, 0.5) is 5.69 Å². The lowest BCUT2D eigenvalue weighted by Crippen LogP contribution is -2.55. The molecule has 1 aromatic carbocycles. The van der Waals surface area contributed by atoms with Crippen LogP contribution in [0.1, 0.15) is 55.8 Å². The molecule has 7 nitrogen and oxygen atoms in total. The predicted molar refractivity (Wildman–Crippen MR) is 104 cm³/mol. The van der Waals surface area contributed by atoms with Gasteiger partial charge in [0, 0.05) is 12.1 Å². The first-order chi connectivity index (χ1) is 13.3. The molecule has 1 atom stereocenters. The molecule has 0 saturated heterocycles. The summed E-state index contributed by atoms with van der Waals surface area (Å²) in [5.74, 6) is 2.46. The van der Waals surface area contributed by atoms with Gasteiger partial charge in [0.05, 0.1) is 25.2 Å². The summed E-state index contributed by atoms with van der Waals surface area (Å²) in [7, 11) is 2.86. The van der Waals surface area contributed by atoms with Crippen molar-refractivity contribution in [2.24, 2.45) is 23.2 Å². The minimum absolute atomic E-state index is 0.0129. The number of nitrogens with zero attached hydrogens (tertiary/aromatic N) is 1. The van der Waals surface area contributed by atoms with E-state index in [0.29, 0.717) is 5.75 Å². The van der Waals surface area contributed by atoms with Gasteiger partial charge in [-0.2, -0.15) is 0 Å². The van der Waals surface area contributed by atoms with E-state index in [1.165, 1.54) is 45.6 Å². The Morgan fingerprint density at radius 1 is 1.11 bits per heavy atom. The maximum absolute atomic E-state index is 13.0. The number of hydrogen-bond acceptors (Lipinski definition) is 5. The number of benzene rings is 1. The first kappa shape index (κ1) is 19.0. The zero-order valence-corrected chi connectivity index (χ0v) is 16.7. The summed E-state index contributed by atoms with van der Waals surface area (Å²) < 4.78 is 10.4. The van der Waals surface area contributed by atoms with Crippen LogP contribution in [0, 0.1) is 33.3 Å². The van der Waals surface area contributed by atoms with E-state index in [1.54, 1.807) is 0 Å². The van der Waals surface area contributed by atoms with Crippen LogP contribution in [0.2, 0.25) is 0 Å². The molecule has 0 spiro atoms. The van der Waals surface area contributed by atoms with Crippen molar-refractivity contribution in [2.45, 2.75) is 51.5 Å². The molecule has 4 aliphatic rings. The number of nitro benzene ring substituents is 1. The summed E-state index contributed by atoms with van der Waals surface area (Å²) >= 11 is 0. The lowest BCUT2D eigenvalue weighted by atomic mass is 9.48. The minimum atomic E-state index is -0.549. The van der Waals surface area contributed by atoms with Crippen LogP contribution in [0.5, 0.6) is 11.5 Å². The first-order valence-electron chi connectivity index (χ1n) is 10.1. The number of carbonyl (C=O) groups is 1. The minimum Gasteiger partial charge on any atom is -0.493 e. The van der Waals surface area contributed by atoms with E-state index in [0.717, 1.165) is 37.0 Å². The topological polar surface area (TPSA) is 90.7 Å². The van der Waals surface area contributed by atoms with E-state index in [-0.39, 0.29) is 28.5 Å². The Morgan fingerprint density at radius 2 is 1.61 bits per heavy atom. The highest BCUT2D eigenvalue weighted by atomic mass is 16.6. The number of hydrogen-bond donors (Lipinski definition) is 1. The van der Waals surface area contributed by atoms with Gasteiger partial charge in [0.2, 0.25) is 0 Å². The second-order valence-electron chi connectivity index (χ2n) is 8.96. The van der Waals surface area contributed by atoms with Gasteiger partial charge >= 0.3 is 0 Å². The summed E-state index contributed by atoms with van der Waals surface area (Å²) in [4.78, 5) is 24.0. The van der Waals surface area contributed by atoms with Gasteiger partial charge in [-0.05, 0) is 68.6 Å². The van der Waals surface area contributed by atoms with Gasteiger partial charge < -0.3 is 14.8 Å². The number of rotatable bonds is 6. The molecule has 0 radical (unpaired) electrons. The monoisotopic (exact) mass is 388 g/mol. The van der Waals surface area contributed by atoms with E-state index in [1.807, 2.05) is 0 Å². The summed E-state index contributed by atoms with van der Waals surface area (Å²) in [5.41, 5.74) is -0.123. The van der Waals surface area contributed by atoms with E-state index in [2.05, 4.69) is 12.2 Å². The molecule has 7 heteroatoms. The average molecular weight is 388 g/mol. The second kappa shape index (κ2) is 6.94. The number of nitrogens with one attached hydrogen (secondary N) is 1. The Labute approximate surface area is 164 Å². The molecular formula is C21H28N2O5. The van der Waals surface area contributed by atoms with E-state index >= 15 is 0 Å². The number of amides is 1. The van der Waals surface area contributed by atoms with E-state index in [9.17, 15) is 14.9 Å². The van der Waals surface area contributed by atoms with Gasteiger partial charge in [0.1, 0.15) is 5.56 Å². The fraction of sp³-hybridized carbons (Fsp3) is 0.667. The quantitative estimate of drug-likeness (QED) is 0.589. The van der Waals surface area contributed by atoms with Crippen LogP contribution in [-0.2, 0) is 0 Å². The average Bonchev–Trinajstić information content (AvgIpc) is 2.65. The Bertz CT molecular complexity index is 771. The lowest BCUT2D eigenvalue weighted by molar-refractivity contribution is -0.385. The van der Waals surface area contributed by atoms with Gasteiger partial charge in [-0.15, -0.1) is 0 Å². The van der Waals surface area contributed by atoms with Gasteiger partial charge in [-0.1, -0.05) is 0 Å². The Hall–Kier alpha value is -2.31. The van der Waals surface area contributed by atoms with Crippen LogP contribution in [0.3, 0.4) is 0 Å². The predicted octanol–water partition coefficient (Wildman–Crippen LogP) is 3.95. The van der Waals surface area contributed by atoms with Gasteiger partial charge in [-0.25, -0.2) is 0 Å². The van der Waals surface area contributed by atoms with Crippen molar-refractivity contribution < 1.29 is 19.2 Å². The van der Waals surface area contributed by atoms with Crippen LogP contribution in [-0.4, -0.2) is 31.1 Å². The molecule has 28 heavy (non-hydrogen) atoms. The van der Waals surface area contributed by atoms with Crippen LogP contribution in [0.15, 0.2) is 12.1 Å². The van der Waals surface area contributed by atoms with Crippen molar-refractivity contribution in [2.75, 3.05) is 14.2 Å². The molecule has 4 bridgehead atoms. The number of carbonyl (C=O) groups excluding carboxylic acids is 1. The van der Waals surface area contributed by atoms with Crippen molar-refractivity contribution in [3.05, 3.63) is 27.8 Å². The molecule has 5 rings (SSSR count). The van der Waals surface area contributed by atoms with E-state index < -0.39 is 10.8 Å². The van der Waals surface area contributed by atoms with Gasteiger partial charge in [-0.3, -0.25) is 14.9 Å². The largest absolute Gasteiger partial charge is 0.493 e. The molecule has 0 aliphatic heterocycles. The first-order valence-corrected chi connectivity index (χ1v) is 10.1. The van der Waals surface area contributed by atoms with Crippen molar-refractivity contribution in [3.8, 4) is 11.5 Å². The second-order valence-corrected chi connectivity index (χ2v) is 8.96. The zero-order chi connectivity index (χ0) is 20.1. The third-order valence-electron chi connectivity index (χ3n) is 7.29. The van der Waals surface area contributed by atoms with Crippen molar-refractivity contribution in [3.63, 3.8) is 0 Å². The van der Waals surface area contributed by atoms with E-state index in [4.69, 9.17) is 9.47 Å². The summed E-state index contributed by atoms with van der Waals surface area (Å²) in [6, 6.07) is 2.64. The van der Waals surface area contributed by atoms with Crippen LogP contribution in [0.25, 0.3) is 0 Å². The normalized spacial score (nSPS) is 31.3. The van der Waals surface area contributed by atoms with Crippen molar-refractivity contribution >= 4 is 11.6 Å². The van der Waals surface area contributed by atoms with Gasteiger partial charge in [0.15, 0.2) is 11.5 Å². The maximum atomic E-state index is 13.0. The summed E-state index contributed by atoms with van der Waals surface area (Å²) in [6.07, 6.45) is 7.49. The molecule has 4 aliphatic carbocycles. The maximum Gasteiger partial charge on any atom is 0.286 e. The number of methoxy groups -OCH3 is 2. The van der Waals surface area contributed by atoms with Crippen molar-refractivity contribution in [1.29, 1.82) is 0 Å². The molecule has 1 amide bonds. The fourth-order valence-electron chi connectivity index (χ4n) is 6.34. The third-order valence-corrected chi connectivity index (χ3v) is 7.29. The highest BCUT2D eigenvalue weighted by Crippen LogP contribution is 2.61. The summed E-state index contributed by atoms with van der Waals surface area (Å²) in [6.45, 7) is 2.07. The number of ether oxygens (including phenoxy) is 2. The molecule has 1 aromatic rings.